The zero-order chi connectivity index (χ0) is 29.0. The minimum atomic E-state index is -4.04. The van der Waals surface area contributed by atoms with Crippen LogP contribution in [0.5, 0.6) is 0 Å². The van der Waals surface area contributed by atoms with Crippen LogP contribution in [0.25, 0.3) is 0 Å². The van der Waals surface area contributed by atoms with Crippen molar-refractivity contribution in [2.45, 2.75) is 68.8 Å². The van der Waals surface area contributed by atoms with Gasteiger partial charge in [0, 0.05) is 19.6 Å². The Labute approximate surface area is 229 Å². The van der Waals surface area contributed by atoms with Gasteiger partial charge < -0.3 is 21.2 Å². The summed E-state index contributed by atoms with van der Waals surface area (Å²) < 4.78 is 28.4. The first-order valence-electron chi connectivity index (χ1n) is 13.1. The van der Waals surface area contributed by atoms with Gasteiger partial charge >= 0.3 is 5.97 Å². The van der Waals surface area contributed by atoms with Crippen LogP contribution in [0.15, 0.2) is 34.3 Å². The van der Waals surface area contributed by atoms with Gasteiger partial charge in [0.2, 0.25) is 15.9 Å². The summed E-state index contributed by atoms with van der Waals surface area (Å²) in [7, 11) is -4.04. The minimum absolute atomic E-state index is 0.00833. The Morgan fingerprint density at radius 3 is 2.51 bits per heavy atom. The number of hydrazone groups is 1. The van der Waals surface area contributed by atoms with Gasteiger partial charge in [-0.2, -0.15) is 5.10 Å². The number of carbonyl (C=O) groups is 3. The third kappa shape index (κ3) is 7.55. The molecule has 1 aromatic rings. The number of nitrogens with two attached hydrogens (primary N) is 1. The fraction of sp³-hybridized carbons (Fsp3) is 0.615. The van der Waals surface area contributed by atoms with Crippen LogP contribution in [0, 0.1) is 11.8 Å². The Balaban J connectivity index is 1.67. The molecule has 1 amide bonds. The lowest BCUT2D eigenvalue weighted by Gasteiger charge is -2.31. The number of carboxylic acid groups (broad SMARTS) is 1. The summed E-state index contributed by atoms with van der Waals surface area (Å²) >= 11 is 0. The first kappa shape index (κ1) is 30.5. The van der Waals surface area contributed by atoms with Gasteiger partial charge in [0.1, 0.15) is 6.34 Å². The zero-order valence-electron chi connectivity index (χ0n) is 22.9. The molecule has 12 nitrogen and oxygen atoms in total. The number of carboxylic acids is 1. The van der Waals surface area contributed by atoms with Gasteiger partial charge in [-0.1, -0.05) is 32.9 Å². The molecule has 0 bridgehead atoms. The third-order valence-corrected chi connectivity index (χ3v) is 8.93. The summed E-state index contributed by atoms with van der Waals surface area (Å²) in [6, 6.07) is 5.23. The van der Waals surface area contributed by atoms with E-state index in [0.29, 0.717) is 13.1 Å². The average Bonchev–Trinajstić information content (AvgIpc) is 3.61. The van der Waals surface area contributed by atoms with E-state index >= 15 is 0 Å². The van der Waals surface area contributed by atoms with E-state index in [-0.39, 0.29) is 28.6 Å². The number of piperidine rings is 1. The Morgan fingerprint density at radius 2 is 1.92 bits per heavy atom. The molecule has 0 radical (unpaired) electrons. The molecule has 1 aromatic carbocycles. The molecule has 39 heavy (non-hydrogen) atoms. The first-order valence-corrected chi connectivity index (χ1v) is 14.6. The summed E-state index contributed by atoms with van der Waals surface area (Å²) in [5.41, 5.74) is -0.661. The monoisotopic (exact) mass is 564 g/mol. The van der Waals surface area contributed by atoms with Gasteiger partial charge in [-0.05, 0) is 55.2 Å². The molecule has 0 spiro atoms. The maximum Gasteiger partial charge on any atom is 0.317 e. The van der Waals surface area contributed by atoms with Crippen molar-refractivity contribution in [3.63, 3.8) is 0 Å². The number of aliphatic carboxylic acids is 1. The molecular weight excluding hydrogens is 524 g/mol. The van der Waals surface area contributed by atoms with Crippen LogP contribution in [0.3, 0.4) is 0 Å². The van der Waals surface area contributed by atoms with Gasteiger partial charge in [-0.15, -0.1) is 0 Å². The lowest BCUT2D eigenvalue weighted by Crippen LogP contribution is -2.54. The van der Waals surface area contributed by atoms with E-state index in [0.717, 1.165) is 24.9 Å². The summed E-state index contributed by atoms with van der Waals surface area (Å²) in [5.74, 6) is 2.45. The maximum atomic E-state index is 13.5. The topological polar surface area (TPSA) is 183 Å². The number of benzene rings is 1. The number of ketones is 1. The lowest BCUT2D eigenvalue weighted by atomic mass is 9.87. The second kappa shape index (κ2) is 12.0. The van der Waals surface area contributed by atoms with Gasteiger partial charge in [0.15, 0.2) is 5.78 Å². The molecule has 2 fully saturated rings. The SMILES string of the molecule is C[C@H](NS(=O)(=O)c1ccc(C(C)(C)C)cc1)C(=O)C1(NCC(=O)O)CC1C(=O)NC[C@@H]1CCCN(C=NN)C1. The number of hydrogen-bond acceptors (Lipinski definition) is 8. The van der Waals surface area contributed by atoms with Crippen molar-refractivity contribution in [2.24, 2.45) is 22.8 Å². The quantitative estimate of drug-likeness (QED) is 0.104. The standard InChI is InChI=1S/C26H40N6O6S/c1-17(31-39(37,38)20-9-7-19(8-10-20)25(2,3)4)23(35)26(29-14-22(33)34)12-21(26)24(36)28-13-18-6-5-11-32(15-18)16-30-27/h7-10,16-18,21,29,31H,5-6,11-15,27H2,1-4H3,(H,28,36)(H,33,34)/t17-,18-,21?,26?/m0/s1. The van der Waals surface area contributed by atoms with Crippen molar-refractivity contribution in [1.29, 1.82) is 0 Å². The molecule has 6 N–H and O–H groups in total. The number of Topliss-reactive ketones (excluding diaryl/α,β-unsaturated/α-hetero) is 1. The highest BCUT2D eigenvalue weighted by Gasteiger charge is 2.64. The van der Waals surface area contributed by atoms with Crippen LogP contribution in [0.4, 0.5) is 0 Å². The predicted molar refractivity (Wildman–Crippen MR) is 146 cm³/mol. The van der Waals surface area contributed by atoms with Crippen LogP contribution in [-0.2, 0) is 29.8 Å². The smallest absolute Gasteiger partial charge is 0.317 e. The highest BCUT2D eigenvalue weighted by atomic mass is 32.2. The van der Waals surface area contributed by atoms with Gasteiger partial charge in [0.05, 0.1) is 28.9 Å². The lowest BCUT2D eigenvalue weighted by molar-refractivity contribution is -0.137. The van der Waals surface area contributed by atoms with E-state index in [1.165, 1.54) is 19.1 Å². The zero-order valence-corrected chi connectivity index (χ0v) is 23.8. The normalized spacial score (nSPS) is 24.4. The molecule has 216 valence electrons. The maximum absolute atomic E-state index is 13.5. The Hall–Kier alpha value is -3.03. The van der Waals surface area contributed by atoms with E-state index in [1.807, 2.05) is 25.7 Å². The number of sulfonamides is 1. The number of nitrogens with one attached hydrogen (secondary N) is 3. The molecule has 13 heteroatoms. The Morgan fingerprint density at radius 1 is 1.26 bits per heavy atom. The van der Waals surface area contributed by atoms with Crippen molar-refractivity contribution in [3.8, 4) is 0 Å². The number of likely N-dealkylation sites (tertiary alicyclic amines) is 1. The van der Waals surface area contributed by atoms with E-state index in [4.69, 9.17) is 5.84 Å². The molecule has 2 unspecified atom stereocenters. The Bertz CT molecular complexity index is 1200. The van der Waals surface area contributed by atoms with Crippen molar-refractivity contribution in [1.82, 2.24) is 20.3 Å². The van der Waals surface area contributed by atoms with E-state index in [2.05, 4.69) is 20.5 Å². The fourth-order valence-corrected chi connectivity index (χ4v) is 6.28. The summed E-state index contributed by atoms with van der Waals surface area (Å²) in [5, 5.41) is 18.3. The van der Waals surface area contributed by atoms with E-state index < -0.39 is 45.8 Å². The molecule has 0 aromatic heterocycles. The molecule has 1 aliphatic heterocycles. The number of carbonyl (C=O) groups excluding carboxylic acids is 2. The third-order valence-electron chi connectivity index (χ3n) is 7.37. The van der Waals surface area contributed by atoms with Crippen molar-refractivity contribution in [2.75, 3.05) is 26.2 Å². The highest BCUT2D eigenvalue weighted by Crippen LogP contribution is 2.45. The first-order chi connectivity index (χ1) is 18.2. The predicted octanol–water partition coefficient (Wildman–Crippen LogP) is 0.383. The molecule has 1 saturated heterocycles. The van der Waals surface area contributed by atoms with Crippen molar-refractivity contribution < 1.29 is 27.9 Å². The molecule has 4 atom stereocenters. The van der Waals surface area contributed by atoms with Gasteiger partial charge in [0.25, 0.3) is 0 Å². The van der Waals surface area contributed by atoms with E-state index in [1.54, 1.807) is 18.5 Å². The van der Waals surface area contributed by atoms with Crippen LogP contribution in [-0.4, -0.2) is 80.2 Å². The van der Waals surface area contributed by atoms with Gasteiger partial charge in [-0.3, -0.25) is 19.7 Å². The van der Waals surface area contributed by atoms with Crippen LogP contribution >= 0.6 is 0 Å². The average molecular weight is 565 g/mol. The molecular formula is C26H40N6O6S. The van der Waals surface area contributed by atoms with Crippen molar-refractivity contribution >= 4 is 34.0 Å². The minimum Gasteiger partial charge on any atom is -0.480 e. The summed E-state index contributed by atoms with van der Waals surface area (Å²) in [4.78, 5) is 39.7. The van der Waals surface area contributed by atoms with Gasteiger partial charge in [-0.25, -0.2) is 13.1 Å². The number of nitrogens with zero attached hydrogens (tertiary/aromatic N) is 2. The van der Waals surface area contributed by atoms with Crippen molar-refractivity contribution in [3.05, 3.63) is 29.8 Å². The second-order valence-corrected chi connectivity index (χ2v) is 13.2. The van der Waals surface area contributed by atoms with Crippen LogP contribution < -0.4 is 21.2 Å². The molecule has 1 saturated carbocycles. The number of amides is 1. The fourth-order valence-electron chi connectivity index (χ4n) is 5.07. The number of hydrogen-bond donors (Lipinski definition) is 5. The molecule has 2 aliphatic rings. The molecule has 3 rings (SSSR count). The summed E-state index contributed by atoms with van der Waals surface area (Å²) in [6.07, 6.45) is 3.48. The largest absolute Gasteiger partial charge is 0.480 e. The second-order valence-electron chi connectivity index (χ2n) is 11.5. The Kier molecular flexibility index (Phi) is 9.39. The molecule has 1 aliphatic carbocycles. The van der Waals surface area contributed by atoms with Crippen LogP contribution in [0.2, 0.25) is 0 Å². The highest BCUT2D eigenvalue weighted by molar-refractivity contribution is 7.89. The molecule has 1 heterocycles. The summed E-state index contributed by atoms with van der Waals surface area (Å²) in [6.45, 7) is 8.81. The van der Waals surface area contributed by atoms with E-state index in [9.17, 15) is 27.9 Å². The van der Waals surface area contributed by atoms with Crippen LogP contribution in [0.1, 0.15) is 52.5 Å². The number of rotatable bonds is 12.